The Morgan fingerprint density at radius 1 is 0.281 bits per heavy atom. The highest BCUT2D eigenvalue weighted by molar-refractivity contribution is 6.16. The molecule has 12 aromatic rings. The maximum absolute atomic E-state index is 6.67. The molecule has 0 aliphatic heterocycles. The van der Waals surface area contributed by atoms with Gasteiger partial charge in [-0.15, -0.1) is 0 Å². The second-order valence-electron chi connectivity index (χ2n) is 16.8. The molecule has 1 aliphatic carbocycles. The van der Waals surface area contributed by atoms with E-state index in [-0.39, 0.29) is 0 Å². The summed E-state index contributed by atoms with van der Waals surface area (Å²) >= 11 is 0. The maximum atomic E-state index is 6.67. The Hall–Kier alpha value is -8.40. The molecule has 3 nitrogen and oxygen atoms in total. The fourth-order valence-corrected chi connectivity index (χ4v) is 10.4. The van der Waals surface area contributed by atoms with Gasteiger partial charge in [0.05, 0.1) is 5.41 Å². The topological polar surface area (TPSA) is 29.5 Å². The van der Waals surface area contributed by atoms with Gasteiger partial charge in [0.2, 0.25) is 0 Å². The second-order valence-corrected chi connectivity index (χ2v) is 16.8. The number of hydrogen-bond donors (Lipinski definition) is 0. The van der Waals surface area contributed by atoms with Gasteiger partial charge >= 0.3 is 0 Å². The van der Waals surface area contributed by atoms with E-state index in [9.17, 15) is 0 Å². The summed E-state index contributed by atoms with van der Waals surface area (Å²) in [6.45, 7) is 0. The average Bonchev–Trinajstić information content (AvgIpc) is 4.01. The van der Waals surface area contributed by atoms with Crippen LogP contribution < -0.4 is 4.90 Å². The predicted octanol–water partition coefficient (Wildman–Crippen LogP) is 16.7. The highest BCUT2D eigenvalue weighted by Crippen LogP contribution is 2.57. The molecule has 2 aromatic heterocycles. The number of rotatable bonds is 7. The molecule has 300 valence electrons. The van der Waals surface area contributed by atoms with Gasteiger partial charge in [-0.3, -0.25) is 0 Å². The minimum absolute atomic E-state index is 0.530. The van der Waals surface area contributed by atoms with Gasteiger partial charge < -0.3 is 13.7 Å². The van der Waals surface area contributed by atoms with E-state index < -0.39 is 5.41 Å². The molecule has 0 saturated heterocycles. The van der Waals surface area contributed by atoms with Gasteiger partial charge in [0, 0.05) is 38.6 Å². The first-order valence-corrected chi connectivity index (χ1v) is 21.9. The van der Waals surface area contributed by atoms with E-state index in [4.69, 9.17) is 8.83 Å². The van der Waals surface area contributed by atoms with Crippen LogP contribution in [0.1, 0.15) is 22.3 Å². The predicted molar refractivity (Wildman–Crippen MR) is 264 cm³/mol. The molecule has 0 amide bonds. The Morgan fingerprint density at radius 2 is 0.719 bits per heavy atom. The molecule has 10 aromatic carbocycles. The zero-order valence-electron chi connectivity index (χ0n) is 34.8. The Kier molecular flexibility index (Phi) is 8.13. The van der Waals surface area contributed by atoms with Crippen molar-refractivity contribution in [2.75, 3.05) is 4.90 Å². The molecule has 0 fully saturated rings. The van der Waals surface area contributed by atoms with Crippen LogP contribution >= 0.6 is 0 Å². The van der Waals surface area contributed by atoms with Crippen LogP contribution in [0.25, 0.3) is 77.3 Å². The first kappa shape index (κ1) is 36.3. The summed E-state index contributed by atoms with van der Waals surface area (Å²) in [5.74, 6) is 0. The number of nitrogens with zero attached hydrogens (tertiary/aromatic N) is 1. The van der Waals surface area contributed by atoms with E-state index in [1.807, 2.05) is 6.07 Å². The van der Waals surface area contributed by atoms with Gasteiger partial charge in [0.15, 0.2) is 0 Å². The number of hydrogen-bond acceptors (Lipinski definition) is 3. The molecule has 13 rings (SSSR count). The van der Waals surface area contributed by atoms with Crippen molar-refractivity contribution in [2.45, 2.75) is 5.41 Å². The van der Waals surface area contributed by atoms with Crippen molar-refractivity contribution in [1.29, 1.82) is 0 Å². The lowest BCUT2D eigenvalue weighted by Crippen LogP contribution is -2.28. The fourth-order valence-electron chi connectivity index (χ4n) is 10.4. The third-order valence-corrected chi connectivity index (χ3v) is 13.3. The number of anilines is 3. The standard InChI is InChI=1S/C61H39NO2/c1-5-15-40(16-6-1)42-25-28-46(29-26-42)62(48-30-32-50-49-23-13-14-24-55(49)61(56(50)37-48,44-19-9-3-10-20-44)45-21-11-4-12-22-45)47-31-34-58-52(36-47)54-39-59-53(38-60(54)64-58)51-35-43(27-33-57(51)63-59)41-17-7-2-8-18-41/h1-39H. The normalized spacial score (nSPS) is 12.8. The van der Waals surface area contributed by atoms with Crippen LogP contribution in [0, 0.1) is 0 Å². The molecule has 0 radical (unpaired) electrons. The van der Waals surface area contributed by atoms with Crippen LogP contribution in [0.5, 0.6) is 0 Å². The Balaban J connectivity index is 1.01. The average molecular weight is 818 g/mol. The van der Waals surface area contributed by atoms with Crippen molar-refractivity contribution in [3.05, 3.63) is 259 Å². The number of fused-ring (bicyclic) bond motifs is 9. The van der Waals surface area contributed by atoms with Gasteiger partial charge in [-0.05, 0) is 122 Å². The maximum Gasteiger partial charge on any atom is 0.136 e. The lowest BCUT2D eigenvalue weighted by molar-refractivity contribution is 0.664. The van der Waals surface area contributed by atoms with Crippen LogP contribution in [-0.2, 0) is 5.41 Å². The highest BCUT2D eigenvalue weighted by Gasteiger charge is 2.46. The van der Waals surface area contributed by atoms with Crippen molar-refractivity contribution in [2.24, 2.45) is 0 Å². The van der Waals surface area contributed by atoms with E-state index in [1.54, 1.807) is 0 Å². The van der Waals surface area contributed by atoms with E-state index in [1.165, 1.54) is 50.1 Å². The molecule has 0 atom stereocenters. The first-order chi connectivity index (χ1) is 31.7. The van der Waals surface area contributed by atoms with Gasteiger partial charge in [0.1, 0.15) is 22.3 Å². The molecule has 1 aliphatic rings. The van der Waals surface area contributed by atoms with Crippen molar-refractivity contribution < 1.29 is 8.83 Å². The van der Waals surface area contributed by atoms with Gasteiger partial charge in [0.25, 0.3) is 0 Å². The van der Waals surface area contributed by atoms with E-state index in [2.05, 4.69) is 235 Å². The Bertz CT molecular complexity index is 3660. The molecular weight excluding hydrogens is 779 g/mol. The molecule has 64 heavy (non-hydrogen) atoms. The fraction of sp³-hybridized carbons (Fsp3) is 0.0164. The van der Waals surface area contributed by atoms with Crippen LogP contribution in [0.3, 0.4) is 0 Å². The SMILES string of the molecule is c1ccc(-c2ccc(N(c3ccc4c(c3)C(c3ccccc3)(c3ccccc3)c3ccccc3-4)c3ccc4oc5cc6c(cc5c4c3)oc3ccc(-c4ccccc4)cc36)cc2)cc1. The largest absolute Gasteiger partial charge is 0.456 e. The zero-order chi connectivity index (χ0) is 42.2. The molecule has 0 unspecified atom stereocenters. The smallest absolute Gasteiger partial charge is 0.136 e. The summed E-state index contributed by atoms with van der Waals surface area (Å²) in [5.41, 5.74) is 18.2. The summed E-state index contributed by atoms with van der Waals surface area (Å²) in [6.07, 6.45) is 0. The molecule has 2 heterocycles. The summed E-state index contributed by atoms with van der Waals surface area (Å²) in [4.78, 5) is 2.39. The van der Waals surface area contributed by atoms with E-state index in [0.717, 1.165) is 66.5 Å². The highest BCUT2D eigenvalue weighted by atomic mass is 16.3. The quantitative estimate of drug-likeness (QED) is 0.160. The van der Waals surface area contributed by atoms with Crippen LogP contribution in [0.4, 0.5) is 17.1 Å². The van der Waals surface area contributed by atoms with E-state index in [0.29, 0.717) is 0 Å². The van der Waals surface area contributed by atoms with Gasteiger partial charge in [-0.2, -0.15) is 0 Å². The third kappa shape index (κ3) is 5.54. The van der Waals surface area contributed by atoms with E-state index >= 15 is 0 Å². The first-order valence-electron chi connectivity index (χ1n) is 21.9. The van der Waals surface area contributed by atoms with Crippen LogP contribution in [0.2, 0.25) is 0 Å². The molecule has 0 spiro atoms. The zero-order valence-corrected chi connectivity index (χ0v) is 34.8. The molecule has 0 saturated carbocycles. The minimum atomic E-state index is -0.530. The van der Waals surface area contributed by atoms with Crippen molar-refractivity contribution in [3.8, 4) is 33.4 Å². The summed E-state index contributed by atoms with van der Waals surface area (Å²) in [5, 5.41) is 4.16. The Morgan fingerprint density at radius 3 is 1.36 bits per heavy atom. The number of benzene rings is 10. The summed E-state index contributed by atoms with van der Waals surface area (Å²) < 4.78 is 13.2. The van der Waals surface area contributed by atoms with Crippen LogP contribution in [-0.4, -0.2) is 0 Å². The lowest BCUT2D eigenvalue weighted by atomic mass is 9.67. The van der Waals surface area contributed by atoms with Crippen molar-refractivity contribution in [1.82, 2.24) is 0 Å². The number of furan rings is 2. The van der Waals surface area contributed by atoms with Crippen LogP contribution in [0.15, 0.2) is 245 Å². The summed E-state index contributed by atoms with van der Waals surface area (Å²) in [7, 11) is 0. The van der Waals surface area contributed by atoms with Gasteiger partial charge in [-0.25, -0.2) is 0 Å². The molecule has 0 N–H and O–H groups in total. The van der Waals surface area contributed by atoms with Crippen molar-refractivity contribution >= 4 is 60.9 Å². The third-order valence-electron chi connectivity index (χ3n) is 13.3. The molecule has 3 heteroatoms. The Labute approximate surface area is 370 Å². The van der Waals surface area contributed by atoms with Crippen molar-refractivity contribution in [3.63, 3.8) is 0 Å². The molecular formula is C61H39NO2. The molecule has 0 bridgehead atoms. The van der Waals surface area contributed by atoms with Gasteiger partial charge in [-0.1, -0.05) is 170 Å². The minimum Gasteiger partial charge on any atom is -0.456 e. The lowest BCUT2D eigenvalue weighted by Gasteiger charge is -2.35. The summed E-state index contributed by atoms with van der Waals surface area (Å²) in [6, 6.07) is 85.3. The second kappa shape index (κ2) is 14.3. The monoisotopic (exact) mass is 817 g/mol.